The van der Waals surface area contributed by atoms with E-state index in [1.807, 2.05) is 0 Å². The Hall–Kier alpha value is -1.23. The van der Waals surface area contributed by atoms with Crippen LogP contribution in [0.1, 0.15) is 12.5 Å². The van der Waals surface area contributed by atoms with E-state index >= 15 is 0 Å². The standard InChI is InChI=1S/C16H14Cl2FNOS/c1-10(16(21)20-15-8-3-2-5-13(15)18)22-9-11-12(17)6-4-7-14(11)19/h2-8,10H,9H2,1H3,(H,20,21). The van der Waals surface area contributed by atoms with Crippen LogP contribution in [-0.4, -0.2) is 11.2 Å². The Kier molecular flexibility index (Phi) is 6.12. The maximum absolute atomic E-state index is 13.7. The summed E-state index contributed by atoms with van der Waals surface area (Å²) >= 11 is 13.3. The summed E-state index contributed by atoms with van der Waals surface area (Å²) < 4.78 is 13.7. The molecule has 2 aromatic rings. The van der Waals surface area contributed by atoms with Gasteiger partial charge in [0.15, 0.2) is 0 Å². The lowest BCUT2D eigenvalue weighted by Crippen LogP contribution is -2.22. The number of halogens is 3. The van der Waals surface area contributed by atoms with E-state index in [4.69, 9.17) is 23.2 Å². The van der Waals surface area contributed by atoms with Crippen molar-refractivity contribution < 1.29 is 9.18 Å². The minimum atomic E-state index is -0.369. The van der Waals surface area contributed by atoms with Gasteiger partial charge in [-0.1, -0.05) is 41.4 Å². The second-order valence-corrected chi connectivity index (χ2v) is 6.77. The first kappa shape index (κ1) is 17.1. The molecule has 0 aliphatic carbocycles. The van der Waals surface area contributed by atoms with Crippen molar-refractivity contribution in [3.63, 3.8) is 0 Å². The Morgan fingerprint density at radius 3 is 2.55 bits per heavy atom. The van der Waals surface area contributed by atoms with Crippen LogP contribution in [0.2, 0.25) is 10.0 Å². The topological polar surface area (TPSA) is 29.1 Å². The molecule has 22 heavy (non-hydrogen) atoms. The van der Waals surface area contributed by atoms with Crippen LogP contribution in [-0.2, 0) is 10.5 Å². The minimum absolute atomic E-state index is 0.189. The van der Waals surface area contributed by atoms with Crippen LogP contribution in [0.15, 0.2) is 42.5 Å². The molecule has 2 aromatic carbocycles. The fourth-order valence-corrected chi connectivity index (χ4v) is 3.16. The number of carbonyl (C=O) groups excluding carboxylic acids is 1. The highest BCUT2D eigenvalue weighted by Crippen LogP contribution is 2.27. The van der Waals surface area contributed by atoms with Crippen molar-refractivity contribution in [2.75, 3.05) is 5.32 Å². The molecule has 1 N–H and O–H groups in total. The van der Waals surface area contributed by atoms with Gasteiger partial charge in [-0.2, -0.15) is 0 Å². The van der Waals surface area contributed by atoms with Gasteiger partial charge in [0.1, 0.15) is 5.82 Å². The van der Waals surface area contributed by atoms with Gasteiger partial charge in [0.05, 0.1) is 16.0 Å². The third kappa shape index (κ3) is 4.38. The first-order valence-electron chi connectivity index (χ1n) is 6.59. The average Bonchev–Trinajstić information content (AvgIpc) is 2.48. The molecule has 0 spiro atoms. The summed E-state index contributed by atoms with van der Waals surface area (Å²) in [5.41, 5.74) is 0.970. The maximum Gasteiger partial charge on any atom is 0.237 e. The molecule has 0 aliphatic rings. The molecule has 2 rings (SSSR count). The Balaban J connectivity index is 1.96. The normalized spacial score (nSPS) is 12.0. The SMILES string of the molecule is CC(SCc1c(F)cccc1Cl)C(=O)Nc1ccccc1Cl. The zero-order valence-electron chi connectivity index (χ0n) is 11.8. The number of carbonyl (C=O) groups is 1. The zero-order chi connectivity index (χ0) is 16.1. The monoisotopic (exact) mass is 357 g/mol. The number of rotatable bonds is 5. The third-order valence-corrected chi connectivity index (χ3v) is 4.89. The number of hydrogen-bond donors (Lipinski definition) is 1. The molecule has 0 saturated carbocycles. The van der Waals surface area contributed by atoms with Gasteiger partial charge in [-0.3, -0.25) is 4.79 Å². The fraction of sp³-hybridized carbons (Fsp3) is 0.188. The van der Waals surface area contributed by atoms with E-state index in [1.165, 1.54) is 17.8 Å². The van der Waals surface area contributed by atoms with E-state index in [0.29, 0.717) is 27.0 Å². The van der Waals surface area contributed by atoms with Crippen molar-refractivity contribution in [2.45, 2.75) is 17.9 Å². The van der Waals surface area contributed by atoms with E-state index in [-0.39, 0.29) is 17.0 Å². The Morgan fingerprint density at radius 1 is 1.18 bits per heavy atom. The quantitative estimate of drug-likeness (QED) is 0.776. The molecule has 2 nitrogen and oxygen atoms in total. The van der Waals surface area contributed by atoms with Crippen LogP contribution in [0.25, 0.3) is 0 Å². The highest BCUT2D eigenvalue weighted by Gasteiger charge is 2.16. The molecule has 1 unspecified atom stereocenters. The molecule has 0 saturated heterocycles. The largest absolute Gasteiger partial charge is 0.324 e. The van der Waals surface area contributed by atoms with Crippen molar-refractivity contribution in [1.82, 2.24) is 0 Å². The number of nitrogens with one attached hydrogen (secondary N) is 1. The van der Waals surface area contributed by atoms with Crippen LogP contribution in [0, 0.1) is 5.82 Å². The smallest absolute Gasteiger partial charge is 0.237 e. The van der Waals surface area contributed by atoms with Crippen molar-refractivity contribution in [2.24, 2.45) is 0 Å². The highest BCUT2D eigenvalue weighted by atomic mass is 35.5. The van der Waals surface area contributed by atoms with Gasteiger partial charge in [0.25, 0.3) is 0 Å². The van der Waals surface area contributed by atoms with E-state index in [9.17, 15) is 9.18 Å². The first-order valence-corrected chi connectivity index (χ1v) is 8.39. The summed E-state index contributed by atoms with van der Waals surface area (Å²) in [6, 6.07) is 11.6. The summed E-state index contributed by atoms with van der Waals surface area (Å²) in [6.45, 7) is 1.76. The zero-order valence-corrected chi connectivity index (χ0v) is 14.1. The molecule has 0 aromatic heterocycles. The molecule has 6 heteroatoms. The molecular formula is C16H14Cl2FNOS. The fourth-order valence-electron chi connectivity index (χ4n) is 1.75. The van der Waals surface area contributed by atoms with Crippen molar-refractivity contribution in [3.05, 3.63) is 63.9 Å². The van der Waals surface area contributed by atoms with E-state index in [2.05, 4.69) is 5.32 Å². The van der Waals surface area contributed by atoms with Gasteiger partial charge in [-0.05, 0) is 31.2 Å². The first-order chi connectivity index (χ1) is 10.5. The second kappa shape index (κ2) is 7.86. The summed E-state index contributed by atoms with van der Waals surface area (Å²) in [6.07, 6.45) is 0. The van der Waals surface area contributed by atoms with Crippen molar-refractivity contribution >= 4 is 46.6 Å². The summed E-state index contributed by atoms with van der Waals surface area (Å²) in [5, 5.41) is 3.23. The summed E-state index contributed by atoms with van der Waals surface area (Å²) in [4.78, 5) is 12.1. The highest BCUT2D eigenvalue weighted by molar-refractivity contribution is 7.99. The van der Waals surface area contributed by atoms with Crippen LogP contribution >= 0.6 is 35.0 Å². The molecule has 0 heterocycles. The van der Waals surface area contributed by atoms with Gasteiger partial charge in [0, 0.05) is 16.3 Å². The number of amides is 1. The van der Waals surface area contributed by atoms with Gasteiger partial charge in [-0.15, -0.1) is 11.8 Å². The Labute approximate surface area is 143 Å². The predicted octanol–water partition coefficient (Wildman–Crippen LogP) is 5.39. The lowest BCUT2D eigenvalue weighted by molar-refractivity contribution is -0.115. The lowest BCUT2D eigenvalue weighted by Gasteiger charge is -2.13. The molecule has 0 bridgehead atoms. The number of anilines is 1. The average molecular weight is 358 g/mol. The summed E-state index contributed by atoms with van der Waals surface area (Å²) in [5.74, 6) is -0.230. The molecule has 0 radical (unpaired) electrons. The van der Waals surface area contributed by atoms with E-state index in [1.54, 1.807) is 43.3 Å². The molecule has 0 fully saturated rings. The lowest BCUT2D eigenvalue weighted by atomic mass is 10.2. The van der Waals surface area contributed by atoms with Crippen molar-refractivity contribution in [3.8, 4) is 0 Å². The Morgan fingerprint density at radius 2 is 1.86 bits per heavy atom. The number of hydrogen-bond acceptors (Lipinski definition) is 2. The molecule has 1 amide bonds. The molecule has 1 atom stereocenters. The van der Waals surface area contributed by atoms with Crippen LogP contribution in [0.3, 0.4) is 0 Å². The van der Waals surface area contributed by atoms with Crippen molar-refractivity contribution in [1.29, 1.82) is 0 Å². The van der Waals surface area contributed by atoms with E-state index < -0.39 is 0 Å². The van der Waals surface area contributed by atoms with Crippen LogP contribution in [0.4, 0.5) is 10.1 Å². The number of benzene rings is 2. The maximum atomic E-state index is 13.7. The number of para-hydroxylation sites is 1. The van der Waals surface area contributed by atoms with Crippen LogP contribution in [0.5, 0.6) is 0 Å². The van der Waals surface area contributed by atoms with Gasteiger partial charge >= 0.3 is 0 Å². The Bertz CT molecular complexity index is 661. The minimum Gasteiger partial charge on any atom is -0.324 e. The predicted molar refractivity (Wildman–Crippen MR) is 92.2 cm³/mol. The van der Waals surface area contributed by atoms with Gasteiger partial charge in [-0.25, -0.2) is 4.39 Å². The molecular weight excluding hydrogens is 344 g/mol. The van der Waals surface area contributed by atoms with E-state index in [0.717, 1.165) is 0 Å². The third-order valence-electron chi connectivity index (χ3n) is 3.04. The molecule has 116 valence electrons. The number of thioether (sulfide) groups is 1. The van der Waals surface area contributed by atoms with Gasteiger partial charge in [0.2, 0.25) is 5.91 Å². The van der Waals surface area contributed by atoms with Gasteiger partial charge < -0.3 is 5.32 Å². The molecule has 0 aliphatic heterocycles. The summed E-state index contributed by atoms with van der Waals surface area (Å²) in [7, 11) is 0. The second-order valence-electron chi connectivity index (χ2n) is 4.62. The van der Waals surface area contributed by atoms with Crippen LogP contribution < -0.4 is 5.32 Å².